The fraction of sp³-hybridized carbons (Fsp3) is 0.400. The molecule has 1 amide bonds. The quantitative estimate of drug-likeness (QED) is 0.654. The predicted molar refractivity (Wildman–Crippen MR) is 80.2 cm³/mol. The fourth-order valence-electron chi connectivity index (χ4n) is 1.99. The van der Waals surface area contributed by atoms with Crippen molar-refractivity contribution in [3.05, 3.63) is 29.8 Å². The number of piperidine rings is 1. The number of carbonyl (C=O) groups excluding carboxylic acids is 2. The van der Waals surface area contributed by atoms with Crippen molar-refractivity contribution in [1.82, 2.24) is 5.32 Å². The second-order valence-corrected chi connectivity index (χ2v) is 4.99. The molecule has 0 aromatic heterocycles. The molecule has 1 aliphatic heterocycles. The van der Waals surface area contributed by atoms with Gasteiger partial charge in [-0.1, -0.05) is 6.92 Å². The van der Waals surface area contributed by atoms with Crippen LogP contribution in [0.1, 0.15) is 30.6 Å². The summed E-state index contributed by atoms with van der Waals surface area (Å²) < 4.78 is 4.91. The summed E-state index contributed by atoms with van der Waals surface area (Å²) >= 11 is 0. The molecule has 1 unspecified atom stereocenters. The molecular formula is C15H19N3O3. The molecule has 0 aliphatic carbocycles. The monoisotopic (exact) mass is 289 g/mol. The third kappa shape index (κ3) is 4.05. The van der Waals surface area contributed by atoms with Gasteiger partial charge in [0, 0.05) is 13.0 Å². The van der Waals surface area contributed by atoms with Gasteiger partial charge in [-0.25, -0.2) is 4.79 Å². The van der Waals surface area contributed by atoms with Gasteiger partial charge in [0.25, 0.3) is 5.91 Å². The zero-order valence-corrected chi connectivity index (χ0v) is 12.2. The number of rotatable bonds is 4. The maximum atomic E-state index is 11.6. The number of anilines is 1. The van der Waals surface area contributed by atoms with Gasteiger partial charge in [0.2, 0.25) is 0 Å². The highest BCUT2D eigenvalue weighted by Crippen LogP contribution is 2.12. The van der Waals surface area contributed by atoms with Crippen molar-refractivity contribution in [3.63, 3.8) is 0 Å². The topological polar surface area (TPSA) is 79.8 Å². The van der Waals surface area contributed by atoms with E-state index < -0.39 is 0 Å². The summed E-state index contributed by atoms with van der Waals surface area (Å²) in [5, 5.41) is 6.92. The molecule has 0 spiro atoms. The summed E-state index contributed by atoms with van der Waals surface area (Å²) in [6, 6.07) is 6.76. The lowest BCUT2D eigenvalue weighted by atomic mass is 10.00. The number of nitrogens with zero attached hydrogens (tertiary/aromatic N) is 1. The number of ether oxygens (including phenoxy) is 1. The van der Waals surface area contributed by atoms with Crippen LogP contribution in [0.15, 0.2) is 29.4 Å². The van der Waals surface area contributed by atoms with E-state index in [9.17, 15) is 9.59 Å². The second-order valence-electron chi connectivity index (χ2n) is 4.99. The number of hydrazone groups is 1. The van der Waals surface area contributed by atoms with E-state index in [0.717, 1.165) is 0 Å². The molecule has 1 aromatic rings. The van der Waals surface area contributed by atoms with E-state index in [0.29, 0.717) is 42.5 Å². The van der Waals surface area contributed by atoms with Gasteiger partial charge in [-0.3, -0.25) is 10.2 Å². The molecule has 0 bridgehead atoms. The molecule has 112 valence electrons. The molecule has 2 rings (SSSR count). The first-order valence-corrected chi connectivity index (χ1v) is 6.98. The maximum absolute atomic E-state index is 11.6. The molecule has 1 aliphatic rings. The van der Waals surface area contributed by atoms with Crippen molar-refractivity contribution < 1.29 is 14.3 Å². The van der Waals surface area contributed by atoms with Crippen molar-refractivity contribution in [3.8, 4) is 0 Å². The summed E-state index contributed by atoms with van der Waals surface area (Å²) in [7, 11) is 0. The first-order chi connectivity index (χ1) is 10.1. The first kappa shape index (κ1) is 15.0. The number of esters is 1. The van der Waals surface area contributed by atoms with E-state index in [1.165, 1.54) is 0 Å². The van der Waals surface area contributed by atoms with Crippen LogP contribution in [0, 0.1) is 5.92 Å². The summed E-state index contributed by atoms with van der Waals surface area (Å²) in [4.78, 5) is 23.2. The Hall–Kier alpha value is -2.37. The van der Waals surface area contributed by atoms with Crippen LogP contribution in [-0.4, -0.2) is 30.7 Å². The van der Waals surface area contributed by atoms with Gasteiger partial charge in [0.05, 0.1) is 17.9 Å². The Kier molecular flexibility index (Phi) is 4.92. The molecular weight excluding hydrogens is 270 g/mol. The molecule has 6 nitrogen and oxygen atoms in total. The minimum absolute atomic E-state index is 0.135. The van der Waals surface area contributed by atoms with Crippen molar-refractivity contribution in [1.29, 1.82) is 0 Å². The Morgan fingerprint density at radius 2 is 2.14 bits per heavy atom. The molecule has 2 N–H and O–H groups in total. The molecule has 1 atom stereocenters. The minimum Gasteiger partial charge on any atom is -0.462 e. The van der Waals surface area contributed by atoms with Crippen LogP contribution in [-0.2, 0) is 9.53 Å². The Morgan fingerprint density at radius 3 is 2.81 bits per heavy atom. The number of amides is 1. The molecule has 6 heteroatoms. The summed E-state index contributed by atoms with van der Waals surface area (Å²) in [5.74, 6) is -0.103. The highest BCUT2D eigenvalue weighted by atomic mass is 16.5. The van der Waals surface area contributed by atoms with E-state index in [1.54, 1.807) is 31.2 Å². The van der Waals surface area contributed by atoms with Gasteiger partial charge in [-0.05, 0) is 37.1 Å². The maximum Gasteiger partial charge on any atom is 0.338 e. The van der Waals surface area contributed by atoms with E-state index in [2.05, 4.69) is 22.8 Å². The number of hydrogen-bond acceptors (Lipinski definition) is 5. The number of carbonyl (C=O) groups is 2. The zero-order valence-electron chi connectivity index (χ0n) is 12.2. The van der Waals surface area contributed by atoms with Crippen molar-refractivity contribution in [2.45, 2.75) is 20.3 Å². The van der Waals surface area contributed by atoms with E-state index in [-0.39, 0.29) is 11.9 Å². The number of hydrogen-bond donors (Lipinski definition) is 2. The van der Waals surface area contributed by atoms with Crippen LogP contribution in [0.2, 0.25) is 0 Å². The highest BCUT2D eigenvalue weighted by molar-refractivity contribution is 6.39. The van der Waals surface area contributed by atoms with E-state index in [1.807, 2.05) is 0 Å². The minimum atomic E-state index is -0.351. The third-order valence-corrected chi connectivity index (χ3v) is 3.13. The molecule has 1 saturated heterocycles. The highest BCUT2D eigenvalue weighted by Gasteiger charge is 2.21. The molecule has 0 saturated carbocycles. The van der Waals surface area contributed by atoms with Gasteiger partial charge in [0.15, 0.2) is 0 Å². The normalized spacial score (nSPS) is 20.0. The molecule has 1 fully saturated rings. The van der Waals surface area contributed by atoms with Gasteiger partial charge < -0.3 is 10.1 Å². The van der Waals surface area contributed by atoms with Gasteiger partial charge in [-0.15, -0.1) is 0 Å². The molecule has 1 aromatic carbocycles. The number of nitrogens with one attached hydrogen (secondary N) is 2. The standard InChI is InChI=1S/C15H19N3O3/c1-3-21-15(20)11-4-6-12(7-5-11)17-18-13-8-10(2)9-16-14(13)19/h4-7,10,17H,3,8-9H2,1-2H3,(H,16,19)/b18-13+. The van der Waals surface area contributed by atoms with Crippen molar-refractivity contribution >= 4 is 23.3 Å². The Balaban J connectivity index is 2.00. The van der Waals surface area contributed by atoms with Crippen molar-refractivity contribution in [2.75, 3.05) is 18.6 Å². The fourth-order valence-corrected chi connectivity index (χ4v) is 1.99. The third-order valence-electron chi connectivity index (χ3n) is 3.13. The van der Waals surface area contributed by atoms with Crippen molar-refractivity contribution in [2.24, 2.45) is 11.0 Å². The van der Waals surface area contributed by atoms with Crippen LogP contribution >= 0.6 is 0 Å². The molecule has 1 heterocycles. The Labute approximate surface area is 123 Å². The second kappa shape index (κ2) is 6.88. The lowest BCUT2D eigenvalue weighted by Crippen LogP contribution is -2.41. The lowest BCUT2D eigenvalue weighted by molar-refractivity contribution is -0.115. The SMILES string of the molecule is CCOC(=O)c1ccc(N/N=C2\CC(C)CNC2=O)cc1. The summed E-state index contributed by atoms with van der Waals surface area (Å²) in [5.41, 5.74) is 4.52. The Bertz CT molecular complexity index is 552. The molecule has 21 heavy (non-hydrogen) atoms. The first-order valence-electron chi connectivity index (χ1n) is 6.98. The van der Waals surface area contributed by atoms with Crippen LogP contribution in [0.5, 0.6) is 0 Å². The van der Waals surface area contributed by atoms with Gasteiger partial charge in [0.1, 0.15) is 5.71 Å². The lowest BCUT2D eigenvalue weighted by Gasteiger charge is -2.19. The molecule has 0 radical (unpaired) electrons. The van der Waals surface area contributed by atoms with E-state index >= 15 is 0 Å². The average Bonchev–Trinajstić information content (AvgIpc) is 2.49. The zero-order chi connectivity index (χ0) is 15.2. The smallest absolute Gasteiger partial charge is 0.338 e. The summed E-state index contributed by atoms with van der Waals surface area (Å²) in [6.45, 7) is 4.86. The predicted octanol–water partition coefficient (Wildman–Crippen LogP) is 1.79. The van der Waals surface area contributed by atoms with Crippen LogP contribution in [0.3, 0.4) is 0 Å². The number of benzene rings is 1. The van der Waals surface area contributed by atoms with Crippen LogP contribution in [0.4, 0.5) is 5.69 Å². The van der Waals surface area contributed by atoms with Gasteiger partial charge >= 0.3 is 5.97 Å². The van der Waals surface area contributed by atoms with Gasteiger partial charge in [-0.2, -0.15) is 5.10 Å². The van der Waals surface area contributed by atoms with Crippen LogP contribution < -0.4 is 10.7 Å². The summed E-state index contributed by atoms with van der Waals surface area (Å²) in [6.07, 6.45) is 0.653. The van der Waals surface area contributed by atoms with E-state index in [4.69, 9.17) is 4.74 Å². The largest absolute Gasteiger partial charge is 0.462 e. The average molecular weight is 289 g/mol. The van der Waals surface area contributed by atoms with Crippen LogP contribution in [0.25, 0.3) is 0 Å². The Morgan fingerprint density at radius 1 is 1.43 bits per heavy atom.